The fraction of sp³-hybridized carbons (Fsp3) is 0.222. The van der Waals surface area contributed by atoms with Crippen LogP contribution in [0.25, 0.3) is 0 Å². The molecule has 0 heterocycles. The highest BCUT2D eigenvalue weighted by Gasteiger charge is 2.12. The molecule has 0 amide bonds. The third-order valence-electron chi connectivity index (χ3n) is 1.73. The number of rotatable bonds is 2. The zero-order valence-electron chi connectivity index (χ0n) is 7.45. The first-order valence-corrected chi connectivity index (χ1v) is 6.35. The molecule has 0 radical (unpaired) electrons. The summed E-state index contributed by atoms with van der Waals surface area (Å²) in [5.41, 5.74) is -0.0403. The van der Waals surface area contributed by atoms with E-state index in [9.17, 15) is 13.8 Å². The van der Waals surface area contributed by atoms with Crippen LogP contribution in [0.2, 0.25) is 0 Å². The number of carbonyl (C=O) groups is 1. The summed E-state index contributed by atoms with van der Waals surface area (Å²) in [5, 5.41) is 0.524. The molecule has 1 aromatic rings. The quantitative estimate of drug-likeness (QED) is 0.539. The van der Waals surface area contributed by atoms with Crippen molar-refractivity contribution in [3.05, 3.63) is 29.6 Å². The average molecular weight is 200 g/mol. The van der Waals surface area contributed by atoms with Crippen molar-refractivity contribution in [1.82, 2.24) is 0 Å². The predicted molar refractivity (Wildman–Crippen MR) is 50.9 cm³/mol. The lowest BCUT2D eigenvalue weighted by atomic mass is 10.2. The van der Waals surface area contributed by atoms with E-state index in [-0.39, 0.29) is 5.56 Å². The van der Waals surface area contributed by atoms with Crippen LogP contribution in [0.15, 0.2) is 18.2 Å². The number of halogens is 1. The largest absolute Gasteiger partial charge is 0.319 e. The van der Waals surface area contributed by atoms with Crippen LogP contribution in [0, 0.1) is 5.82 Å². The van der Waals surface area contributed by atoms with E-state index in [4.69, 9.17) is 0 Å². The highest BCUT2D eigenvalue weighted by molar-refractivity contribution is 7.70. The maximum absolute atomic E-state index is 12.8. The van der Waals surface area contributed by atoms with Gasteiger partial charge in [-0.1, -0.05) is 0 Å². The van der Waals surface area contributed by atoms with E-state index in [1.165, 1.54) is 18.2 Å². The predicted octanol–water partition coefficient (Wildman–Crippen LogP) is 1.89. The van der Waals surface area contributed by atoms with Crippen molar-refractivity contribution in [2.45, 2.75) is 0 Å². The van der Waals surface area contributed by atoms with Crippen LogP contribution >= 0.6 is 7.14 Å². The molecule has 0 bridgehead atoms. The third-order valence-corrected chi connectivity index (χ3v) is 3.25. The van der Waals surface area contributed by atoms with Gasteiger partial charge < -0.3 is 4.57 Å². The molecule has 0 spiro atoms. The van der Waals surface area contributed by atoms with Gasteiger partial charge in [-0.3, -0.25) is 4.79 Å². The Bertz CT molecular complexity index is 381. The van der Waals surface area contributed by atoms with Gasteiger partial charge in [-0.25, -0.2) is 4.39 Å². The van der Waals surface area contributed by atoms with E-state index in [1.807, 2.05) is 0 Å². The second kappa shape index (κ2) is 3.43. The third kappa shape index (κ3) is 2.25. The van der Waals surface area contributed by atoms with Crippen molar-refractivity contribution in [3.63, 3.8) is 0 Å². The van der Waals surface area contributed by atoms with Crippen molar-refractivity contribution in [2.75, 3.05) is 13.3 Å². The molecule has 0 aliphatic heterocycles. The van der Waals surface area contributed by atoms with E-state index in [0.29, 0.717) is 11.6 Å². The summed E-state index contributed by atoms with van der Waals surface area (Å²) in [6.07, 6.45) is 0.425. The molecule has 0 unspecified atom stereocenters. The molecule has 0 atom stereocenters. The monoisotopic (exact) mass is 200 g/mol. The van der Waals surface area contributed by atoms with Crippen molar-refractivity contribution >= 4 is 18.7 Å². The highest BCUT2D eigenvalue weighted by Crippen LogP contribution is 2.34. The highest BCUT2D eigenvalue weighted by atomic mass is 31.2. The molecule has 0 aromatic heterocycles. The van der Waals surface area contributed by atoms with Gasteiger partial charge in [0.15, 0.2) is 6.29 Å². The Morgan fingerprint density at radius 2 is 2.00 bits per heavy atom. The first-order chi connectivity index (χ1) is 5.95. The minimum absolute atomic E-state index is 0.0403. The van der Waals surface area contributed by atoms with Gasteiger partial charge in [0.1, 0.15) is 13.0 Å². The minimum Gasteiger partial charge on any atom is -0.319 e. The molecular weight excluding hydrogens is 190 g/mol. The van der Waals surface area contributed by atoms with E-state index in [0.717, 1.165) is 0 Å². The molecule has 13 heavy (non-hydrogen) atoms. The summed E-state index contributed by atoms with van der Waals surface area (Å²) in [6, 6.07) is 3.95. The van der Waals surface area contributed by atoms with Crippen LogP contribution in [0.5, 0.6) is 0 Å². The van der Waals surface area contributed by atoms with Gasteiger partial charge in [-0.05, 0) is 31.5 Å². The molecule has 0 aliphatic rings. The lowest BCUT2D eigenvalue weighted by molar-refractivity contribution is 0.112. The topological polar surface area (TPSA) is 34.1 Å². The van der Waals surface area contributed by atoms with Gasteiger partial charge in [-0.15, -0.1) is 0 Å². The Kier molecular flexibility index (Phi) is 2.67. The van der Waals surface area contributed by atoms with Crippen molar-refractivity contribution in [1.29, 1.82) is 0 Å². The summed E-state index contributed by atoms with van der Waals surface area (Å²) < 4.78 is 24.4. The van der Waals surface area contributed by atoms with Gasteiger partial charge >= 0.3 is 0 Å². The summed E-state index contributed by atoms with van der Waals surface area (Å²) >= 11 is 0. The summed E-state index contributed by atoms with van der Waals surface area (Å²) in [5.74, 6) is -0.577. The van der Waals surface area contributed by atoms with Gasteiger partial charge in [-0.2, -0.15) is 0 Å². The molecule has 4 heteroatoms. The SMILES string of the molecule is CP(C)(=O)c1ccc(F)c(C=O)c1. The molecular formula is C9H10FO2P. The Balaban J connectivity index is 3.30. The van der Waals surface area contributed by atoms with Crippen LogP contribution in [-0.2, 0) is 4.57 Å². The van der Waals surface area contributed by atoms with Crippen LogP contribution in [0.3, 0.4) is 0 Å². The second-order valence-corrected chi connectivity index (χ2v) is 6.39. The van der Waals surface area contributed by atoms with Gasteiger partial charge in [0.25, 0.3) is 0 Å². The minimum atomic E-state index is -2.40. The summed E-state index contributed by atoms with van der Waals surface area (Å²) in [7, 11) is -2.40. The number of aldehydes is 1. The molecule has 0 saturated heterocycles. The number of hydrogen-bond acceptors (Lipinski definition) is 2. The standard InChI is InChI=1S/C9H10FO2P/c1-13(2,12)8-3-4-9(10)7(5-8)6-11/h3-6H,1-2H3. The van der Waals surface area contributed by atoms with Gasteiger partial charge in [0.2, 0.25) is 0 Å². The Morgan fingerprint density at radius 1 is 1.38 bits per heavy atom. The van der Waals surface area contributed by atoms with E-state index in [2.05, 4.69) is 0 Å². The lowest BCUT2D eigenvalue weighted by Gasteiger charge is -2.06. The first kappa shape index (κ1) is 10.1. The summed E-state index contributed by atoms with van der Waals surface area (Å²) in [4.78, 5) is 10.4. The van der Waals surface area contributed by atoms with Crippen LogP contribution < -0.4 is 5.30 Å². The van der Waals surface area contributed by atoms with Crippen molar-refractivity contribution in [2.24, 2.45) is 0 Å². The smallest absolute Gasteiger partial charge is 0.153 e. The fourth-order valence-electron chi connectivity index (χ4n) is 0.956. The molecule has 0 saturated carbocycles. The Hall–Kier alpha value is -0.950. The van der Waals surface area contributed by atoms with Crippen molar-refractivity contribution < 1.29 is 13.8 Å². The Morgan fingerprint density at radius 3 is 2.46 bits per heavy atom. The molecule has 0 N–H and O–H groups in total. The van der Waals surface area contributed by atoms with E-state index in [1.54, 1.807) is 13.3 Å². The maximum atomic E-state index is 12.8. The van der Waals surface area contributed by atoms with Crippen LogP contribution in [0.1, 0.15) is 10.4 Å². The Labute approximate surface area is 76.1 Å². The van der Waals surface area contributed by atoms with E-state index >= 15 is 0 Å². The number of hydrogen-bond donors (Lipinski definition) is 0. The van der Waals surface area contributed by atoms with Gasteiger partial charge in [0.05, 0.1) is 5.56 Å². The molecule has 70 valence electrons. The van der Waals surface area contributed by atoms with Gasteiger partial charge in [0, 0.05) is 5.30 Å². The number of benzene rings is 1. The summed E-state index contributed by atoms with van der Waals surface area (Å²) in [6.45, 7) is 3.16. The molecule has 2 nitrogen and oxygen atoms in total. The maximum Gasteiger partial charge on any atom is 0.153 e. The normalized spacial score (nSPS) is 11.3. The molecule has 1 aromatic carbocycles. The van der Waals surface area contributed by atoms with E-state index < -0.39 is 13.0 Å². The van der Waals surface area contributed by atoms with Crippen LogP contribution in [0.4, 0.5) is 4.39 Å². The number of carbonyl (C=O) groups excluding carboxylic acids is 1. The molecule has 1 rings (SSSR count). The molecule has 0 aliphatic carbocycles. The molecule has 0 fully saturated rings. The lowest BCUT2D eigenvalue weighted by Crippen LogP contribution is -2.05. The first-order valence-electron chi connectivity index (χ1n) is 3.75. The zero-order chi connectivity index (χ0) is 10.1. The second-order valence-electron chi connectivity index (χ2n) is 3.17. The van der Waals surface area contributed by atoms with Crippen LogP contribution in [-0.4, -0.2) is 19.6 Å². The zero-order valence-corrected chi connectivity index (χ0v) is 8.35. The van der Waals surface area contributed by atoms with Crippen molar-refractivity contribution in [3.8, 4) is 0 Å². The fourth-order valence-corrected chi connectivity index (χ4v) is 1.84. The average Bonchev–Trinajstić information content (AvgIpc) is 2.03.